The number of hydrogen-bond donors (Lipinski definition) is 4. The van der Waals surface area contributed by atoms with Gasteiger partial charge in [0.15, 0.2) is 0 Å². The molecular formula is C47H58N2O6. The van der Waals surface area contributed by atoms with Gasteiger partial charge < -0.3 is 25.3 Å². The van der Waals surface area contributed by atoms with Crippen molar-refractivity contribution < 1.29 is 30.0 Å². The smallest absolute Gasteiger partial charge is 0.339 e. The van der Waals surface area contributed by atoms with Crippen LogP contribution in [0.1, 0.15) is 110 Å². The zero-order valence-electron chi connectivity index (χ0n) is 32.9. The lowest BCUT2D eigenvalue weighted by Gasteiger charge is -2.39. The molecule has 8 nitrogen and oxygen atoms in total. The van der Waals surface area contributed by atoms with E-state index >= 15 is 0 Å². The van der Waals surface area contributed by atoms with Gasteiger partial charge in [0.1, 0.15) is 22.6 Å². The van der Waals surface area contributed by atoms with Gasteiger partial charge in [0, 0.05) is 30.1 Å². The van der Waals surface area contributed by atoms with Gasteiger partial charge in [0.2, 0.25) is 0 Å². The van der Waals surface area contributed by atoms with Gasteiger partial charge in [-0.05, 0) is 96.5 Å². The van der Waals surface area contributed by atoms with E-state index in [1.54, 1.807) is 54.1 Å². The SMILES string of the molecule is CCN(CC)CC(CC(c1ccccc1)C1CCCCC1)N(CC)CC.O=C(O)c1cc2ccccc2c(Cc2c(O)c(C(=O)O)cc3ccccc23)c1O. The summed E-state index contributed by atoms with van der Waals surface area (Å²) in [6, 6.07) is 28.9. The molecule has 0 heterocycles. The van der Waals surface area contributed by atoms with Gasteiger partial charge in [-0.3, -0.25) is 4.90 Å². The van der Waals surface area contributed by atoms with E-state index in [-0.39, 0.29) is 17.5 Å². The first-order chi connectivity index (χ1) is 26.6. The Hall–Kier alpha value is -4.92. The third kappa shape index (κ3) is 9.85. The molecule has 6 rings (SSSR count). The molecule has 8 heteroatoms. The van der Waals surface area contributed by atoms with Crippen LogP contribution in [0.5, 0.6) is 11.5 Å². The summed E-state index contributed by atoms with van der Waals surface area (Å²) in [5.41, 5.74) is 1.69. The quantitative estimate of drug-likeness (QED) is 0.0836. The van der Waals surface area contributed by atoms with Crippen molar-refractivity contribution in [3.8, 4) is 11.5 Å². The minimum atomic E-state index is -1.28. The molecule has 4 N–H and O–H groups in total. The molecule has 292 valence electrons. The first kappa shape index (κ1) is 41.2. The fourth-order valence-electron chi connectivity index (χ4n) is 8.67. The van der Waals surface area contributed by atoms with E-state index < -0.39 is 23.4 Å². The predicted octanol–water partition coefficient (Wildman–Crippen LogP) is 10.2. The second-order valence-electron chi connectivity index (χ2n) is 14.7. The highest BCUT2D eigenvalue weighted by molar-refractivity contribution is 6.02. The number of phenols is 2. The van der Waals surface area contributed by atoms with Gasteiger partial charge in [0.25, 0.3) is 0 Å². The molecule has 5 aromatic carbocycles. The lowest BCUT2D eigenvalue weighted by molar-refractivity contribution is 0.0682. The number of aromatic hydroxyl groups is 2. The highest BCUT2D eigenvalue weighted by Gasteiger charge is 2.30. The second-order valence-corrected chi connectivity index (χ2v) is 14.7. The van der Waals surface area contributed by atoms with E-state index in [1.165, 1.54) is 57.2 Å². The van der Waals surface area contributed by atoms with Crippen molar-refractivity contribution in [2.24, 2.45) is 5.92 Å². The van der Waals surface area contributed by atoms with Gasteiger partial charge in [-0.15, -0.1) is 0 Å². The lowest BCUT2D eigenvalue weighted by Crippen LogP contribution is -2.45. The molecule has 0 aliphatic heterocycles. The molecule has 0 radical (unpaired) electrons. The normalized spacial score (nSPS) is 14.5. The Labute approximate surface area is 326 Å². The molecular weight excluding hydrogens is 689 g/mol. The molecule has 5 aromatic rings. The topological polar surface area (TPSA) is 122 Å². The van der Waals surface area contributed by atoms with E-state index in [0.29, 0.717) is 38.7 Å². The lowest BCUT2D eigenvalue weighted by atomic mass is 9.74. The van der Waals surface area contributed by atoms with Crippen LogP contribution in [0.3, 0.4) is 0 Å². The summed E-state index contributed by atoms with van der Waals surface area (Å²) in [4.78, 5) is 28.5. The van der Waals surface area contributed by atoms with Gasteiger partial charge in [-0.25, -0.2) is 9.59 Å². The highest BCUT2D eigenvalue weighted by Crippen LogP contribution is 2.41. The maximum Gasteiger partial charge on any atom is 0.339 e. The maximum absolute atomic E-state index is 11.6. The Kier molecular flexibility index (Phi) is 14.7. The Balaban J connectivity index is 0.000000213. The summed E-state index contributed by atoms with van der Waals surface area (Å²) in [6.07, 6.45) is 8.43. The number of hydrogen-bond acceptors (Lipinski definition) is 6. The summed E-state index contributed by atoms with van der Waals surface area (Å²) >= 11 is 0. The van der Waals surface area contributed by atoms with Crippen LogP contribution in [0, 0.1) is 5.92 Å². The van der Waals surface area contributed by atoms with Crippen molar-refractivity contribution in [3.05, 3.63) is 119 Å². The molecule has 1 fully saturated rings. The number of carbonyl (C=O) groups is 2. The molecule has 0 bridgehead atoms. The Morgan fingerprint density at radius 3 is 1.58 bits per heavy atom. The first-order valence-corrected chi connectivity index (χ1v) is 20.1. The Morgan fingerprint density at radius 1 is 0.655 bits per heavy atom. The van der Waals surface area contributed by atoms with Gasteiger partial charge in [-0.2, -0.15) is 0 Å². The minimum absolute atomic E-state index is 0.0407. The first-order valence-electron chi connectivity index (χ1n) is 20.1. The maximum atomic E-state index is 11.6. The third-order valence-electron chi connectivity index (χ3n) is 11.7. The van der Waals surface area contributed by atoms with Crippen LogP contribution in [0.4, 0.5) is 0 Å². The van der Waals surface area contributed by atoms with Crippen molar-refractivity contribution in [1.29, 1.82) is 0 Å². The molecule has 1 aliphatic rings. The number of carboxylic acids is 2. The van der Waals surface area contributed by atoms with Crippen LogP contribution in [-0.4, -0.2) is 80.9 Å². The summed E-state index contributed by atoms with van der Waals surface area (Å²) < 4.78 is 0. The van der Waals surface area contributed by atoms with Gasteiger partial charge in [-0.1, -0.05) is 126 Å². The number of fused-ring (bicyclic) bond motifs is 2. The predicted molar refractivity (Wildman–Crippen MR) is 223 cm³/mol. The van der Waals surface area contributed by atoms with Crippen molar-refractivity contribution in [1.82, 2.24) is 9.80 Å². The van der Waals surface area contributed by atoms with E-state index in [4.69, 9.17) is 0 Å². The van der Waals surface area contributed by atoms with E-state index in [0.717, 1.165) is 38.0 Å². The monoisotopic (exact) mass is 746 g/mol. The van der Waals surface area contributed by atoms with Gasteiger partial charge >= 0.3 is 11.9 Å². The Morgan fingerprint density at radius 2 is 1.13 bits per heavy atom. The molecule has 0 saturated heterocycles. The number of benzene rings is 5. The zero-order valence-corrected chi connectivity index (χ0v) is 32.9. The molecule has 2 unspecified atom stereocenters. The van der Waals surface area contributed by atoms with E-state index in [9.17, 15) is 30.0 Å². The molecule has 1 saturated carbocycles. The molecule has 0 spiro atoms. The van der Waals surface area contributed by atoms with E-state index in [1.807, 2.05) is 0 Å². The van der Waals surface area contributed by atoms with Crippen LogP contribution in [0.2, 0.25) is 0 Å². The molecule has 0 amide bonds. The van der Waals surface area contributed by atoms with E-state index in [2.05, 4.69) is 67.8 Å². The minimum Gasteiger partial charge on any atom is -0.507 e. The molecule has 55 heavy (non-hydrogen) atoms. The van der Waals surface area contributed by atoms with Crippen LogP contribution in [0.25, 0.3) is 21.5 Å². The van der Waals surface area contributed by atoms with Crippen LogP contribution in [-0.2, 0) is 6.42 Å². The van der Waals surface area contributed by atoms with Crippen LogP contribution in [0.15, 0.2) is 91.0 Å². The number of carboxylic acid groups (broad SMARTS) is 2. The third-order valence-corrected chi connectivity index (χ3v) is 11.7. The van der Waals surface area contributed by atoms with Crippen molar-refractivity contribution in [2.45, 2.75) is 84.6 Å². The highest BCUT2D eigenvalue weighted by atomic mass is 16.4. The summed E-state index contributed by atoms with van der Waals surface area (Å²) in [7, 11) is 0. The number of nitrogens with zero attached hydrogens (tertiary/aromatic N) is 2. The Bertz CT molecular complexity index is 1930. The average molecular weight is 747 g/mol. The fraction of sp³-hybridized carbons (Fsp3) is 0.404. The number of likely N-dealkylation sites (N-methyl/N-ethyl adjacent to an activating group) is 2. The van der Waals surface area contributed by atoms with Crippen molar-refractivity contribution in [2.75, 3.05) is 32.7 Å². The fourth-order valence-corrected chi connectivity index (χ4v) is 8.67. The van der Waals surface area contributed by atoms with Crippen molar-refractivity contribution in [3.63, 3.8) is 0 Å². The second kappa shape index (κ2) is 19.6. The van der Waals surface area contributed by atoms with Crippen LogP contribution < -0.4 is 0 Å². The number of rotatable bonds is 15. The largest absolute Gasteiger partial charge is 0.507 e. The summed E-state index contributed by atoms with van der Waals surface area (Å²) in [5.74, 6) is -1.76. The van der Waals surface area contributed by atoms with Gasteiger partial charge in [0.05, 0.1) is 0 Å². The molecule has 2 atom stereocenters. The summed E-state index contributed by atoms with van der Waals surface area (Å²) in [6.45, 7) is 15.1. The molecule has 1 aliphatic carbocycles. The average Bonchev–Trinajstić information content (AvgIpc) is 3.21. The van der Waals surface area contributed by atoms with Crippen LogP contribution >= 0.6 is 0 Å². The standard InChI is InChI=1S/C24H42N2.C23H16O6/c1-5-25(6-2)20-23(26(7-3)8-4)19-24(21-15-11-9-12-16-21)22-17-13-10-14-18-22;24-20-16(14-7-3-1-5-12(14)9-18(20)22(26)27)11-17-15-8-4-2-6-13(15)10-19(21(17)25)23(28)29/h9,11-12,15-16,22-24H,5-8,10,13-14,17-20H2,1-4H3;1-10,24-25H,11H2,(H,26,27)(H,28,29). The summed E-state index contributed by atoms with van der Waals surface area (Å²) in [5, 5.41) is 42.8. The van der Waals surface area contributed by atoms with Crippen molar-refractivity contribution >= 4 is 33.5 Å². The number of aromatic carboxylic acids is 2. The zero-order chi connectivity index (χ0) is 39.5. The molecule has 0 aromatic heterocycles.